The maximum Gasteiger partial charge on any atom is 0.296 e. The van der Waals surface area contributed by atoms with Crippen LogP contribution in [0, 0.1) is 6.92 Å². The number of pyridine rings is 1. The Bertz CT molecular complexity index is 696. The second-order valence-electron chi connectivity index (χ2n) is 4.06. The van der Waals surface area contributed by atoms with Crippen molar-refractivity contribution in [3.8, 4) is 11.5 Å². The summed E-state index contributed by atoms with van der Waals surface area (Å²) in [5.74, 6) is 0.407. The second kappa shape index (κ2) is 5.26. The standard InChI is InChI=1S/C11H13ClN4O2S/c1-3-7-16-10(9-6-4-5-8(2)13-9)14-15-11(16)19(12,17)18/h4-6H,3,7H2,1-2H3. The van der Waals surface area contributed by atoms with E-state index in [1.165, 1.54) is 4.57 Å². The molecule has 0 saturated heterocycles. The van der Waals surface area contributed by atoms with Crippen LogP contribution in [-0.2, 0) is 15.6 Å². The molecule has 6 nitrogen and oxygen atoms in total. The summed E-state index contributed by atoms with van der Waals surface area (Å²) in [5, 5.41) is 7.32. The number of halogens is 1. The lowest BCUT2D eigenvalue weighted by Gasteiger charge is -2.07. The molecule has 0 radical (unpaired) electrons. The molecule has 0 aliphatic rings. The molecule has 0 aliphatic heterocycles. The van der Waals surface area contributed by atoms with E-state index in [2.05, 4.69) is 15.2 Å². The zero-order valence-corrected chi connectivity index (χ0v) is 12.1. The van der Waals surface area contributed by atoms with E-state index in [9.17, 15) is 8.42 Å². The molecular weight excluding hydrogens is 288 g/mol. The van der Waals surface area contributed by atoms with Crippen molar-refractivity contribution in [1.82, 2.24) is 19.7 Å². The summed E-state index contributed by atoms with van der Waals surface area (Å²) in [6.45, 7) is 4.24. The molecule has 2 aromatic heterocycles. The zero-order valence-electron chi connectivity index (χ0n) is 10.5. The Hall–Kier alpha value is -1.47. The Morgan fingerprint density at radius 2 is 2.05 bits per heavy atom. The van der Waals surface area contributed by atoms with Crippen LogP contribution in [0.2, 0.25) is 0 Å². The molecule has 0 saturated carbocycles. The fourth-order valence-electron chi connectivity index (χ4n) is 1.75. The van der Waals surface area contributed by atoms with Crippen LogP contribution in [0.25, 0.3) is 11.5 Å². The lowest BCUT2D eigenvalue weighted by Crippen LogP contribution is -2.08. The summed E-state index contributed by atoms with van der Waals surface area (Å²) < 4.78 is 24.4. The maximum atomic E-state index is 11.5. The van der Waals surface area contributed by atoms with Crippen molar-refractivity contribution in [1.29, 1.82) is 0 Å². The van der Waals surface area contributed by atoms with Gasteiger partial charge in [0.05, 0.1) is 0 Å². The smallest absolute Gasteiger partial charge is 0.296 e. The molecule has 0 bridgehead atoms. The molecule has 2 heterocycles. The van der Waals surface area contributed by atoms with Gasteiger partial charge in [0, 0.05) is 22.9 Å². The van der Waals surface area contributed by atoms with Gasteiger partial charge in [-0.1, -0.05) is 13.0 Å². The topological polar surface area (TPSA) is 77.7 Å². The second-order valence-corrected chi connectivity index (χ2v) is 6.52. The van der Waals surface area contributed by atoms with E-state index in [-0.39, 0.29) is 5.16 Å². The van der Waals surface area contributed by atoms with E-state index in [0.29, 0.717) is 18.1 Å². The van der Waals surface area contributed by atoms with Crippen molar-refractivity contribution in [2.45, 2.75) is 32.0 Å². The molecular formula is C11H13ClN4O2S. The van der Waals surface area contributed by atoms with Crippen molar-refractivity contribution < 1.29 is 8.42 Å². The number of rotatable bonds is 4. The molecule has 0 fully saturated rings. The van der Waals surface area contributed by atoms with E-state index in [1.807, 2.05) is 26.0 Å². The van der Waals surface area contributed by atoms with Gasteiger partial charge in [-0.3, -0.25) is 4.57 Å². The Balaban J connectivity index is 2.62. The summed E-state index contributed by atoms with van der Waals surface area (Å²) in [4.78, 5) is 4.32. The van der Waals surface area contributed by atoms with Gasteiger partial charge in [-0.05, 0) is 25.5 Å². The van der Waals surface area contributed by atoms with E-state index < -0.39 is 9.05 Å². The van der Waals surface area contributed by atoms with E-state index >= 15 is 0 Å². The van der Waals surface area contributed by atoms with Crippen LogP contribution in [0.1, 0.15) is 19.0 Å². The van der Waals surface area contributed by atoms with Crippen LogP contribution in [-0.4, -0.2) is 28.2 Å². The van der Waals surface area contributed by atoms with Crippen molar-refractivity contribution in [3.05, 3.63) is 23.9 Å². The summed E-state index contributed by atoms with van der Waals surface area (Å²) in [5.41, 5.74) is 1.39. The van der Waals surface area contributed by atoms with Gasteiger partial charge in [0.25, 0.3) is 14.2 Å². The summed E-state index contributed by atoms with van der Waals surface area (Å²) >= 11 is 0. The van der Waals surface area contributed by atoms with Gasteiger partial charge in [0.15, 0.2) is 5.82 Å². The van der Waals surface area contributed by atoms with Crippen molar-refractivity contribution in [2.24, 2.45) is 0 Å². The van der Waals surface area contributed by atoms with Gasteiger partial charge < -0.3 is 0 Å². The highest BCUT2D eigenvalue weighted by Crippen LogP contribution is 2.21. The molecule has 0 atom stereocenters. The third-order valence-electron chi connectivity index (χ3n) is 2.50. The van der Waals surface area contributed by atoms with Crippen molar-refractivity contribution >= 4 is 19.7 Å². The first-order valence-corrected chi connectivity index (χ1v) is 8.06. The summed E-state index contributed by atoms with van der Waals surface area (Å²) in [6.07, 6.45) is 0.732. The molecule has 8 heteroatoms. The van der Waals surface area contributed by atoms with Crippen LogP contribution in [0.5, 0.6) is 0 Å². The van der Waals surface area contributed by atoms with Gasteiger partial charge in [0.2, 0.25) is 0 Å². The summed E-state index contributed by atoms with van der Waals surface area (Å²) in [6, 6.07) is 5.44. The Morgan fingerprint density at radius 3 is 2.63 bits per heavy atom. The first-order chi connectivity index (χ1) is 8.93. The first kappa shape index (κ1) is 14.0. The summed E-state index contributed by atoms with van der Waals surface area (Å²) in [7, 11) is 1.44. The SMILES string of the molecule is CCCn1c(-c2cccc(C)n2)nnc1S(=O)(=O)Cl. The molecule has 2 rings (SSSR count). The van der Waals surface area contributed by atoms with Crippen LogP contribution >= 0.6 is 10.7 Å². The van der Waals surface area contributed by atoms with Crippen molar-refractivity contribution in [3.63, 3.8) is 0 Å². The Kier molecular flexibility index (Phi) is 3.86. The highest BCUT2D eigenvalue weighted by Gasteiger charge is 2.23. The largest absolute Gasteiger partial charge is 0.296 e. The van der Waals surface area contributed by atoms with E-state index in [0.717, 1.165) is 12.1 Å². The Labute approximate surface area is 115 Å². The molecule has 2 aromatic rings. The fraction of sp³-hybridized carbons (Fsp3) is 0.364. The van der Waals surface area contributed by atoms with E-state index in [1.54, 1.807) is 6.07 Å². The van der Waals surface area contributed by atoms with Crippen LogP contribution < -0.4 is 0 Å². The average Bonchev–Trinajstić information content (AvgIpc) is 2.73. The predicted molar refractivity (Wildman–Crippen MR) is 71.3 cm³/mol. The maximum absolute atomic E-state index is 11.5. The number of nitrogens with zero attached hydrogens (tertiary/aromatic N) is 4. The van der Waals surface area contributed by atoms with E-state index in [4.69, 9.17) is 10.7 Å². The number of aromatic nitrogens is 4. The molecule has 0 aromatic carbocycles. The minimum absolute atomic E-state index is 0.241. The first-order valence-electron chi connectivity index (χ1n) is 5.75. The number of hydrogen-bond donors (Lipinski definition) is 0. The molecule has 102 valence electrons. The predicted octanol–water partition coefficient (Wildman–Crippen LogP) is 1.99. The lowest BCUT2D eigenvalue weighted by atomic mass is 10.3. The third kappa shape index (κ3) is 2.93. The van der Waals surface area contributed by atoms with Crippen LogP contribution in [0.4, 0.5) is 0 Å². The number of aryl methyl sites for hydroxylation is 1. The molecule has 19 heavy (non-hydrogen) atoms. The quantitative estimate of drug-likeness (QED) is 0.807. The molecule has 0 spiro atoms. The minimum atomic E-state index is -3.92. The molecule has 0 N–H and O–H groups in total. The van der Waals surface area contributed by atoms with Crippen molar-refractivity contribution in [2.75, 3.05) is 0 Å². The van der Waals surface area contributed by atoms with Crippen LogP contribution in [0.3, 0.4) is 0 Å². The number of hydrogen-bond acceptors (Lipinski definition) is 5. The lowest BCUT2D eigenvalue weighted by molar-refractivity contribution is 0.569. The van der Waals surface area contributed by atoms with Gasteiger partial charge >= 0.3 is 0 Å². The minimum Gasteiger partial charge on any atom is -0.296 e. The molecule has 0 aliphatic carbocycles. The van der Waals surface area contributed by atoms with Gasteiger partial charge in [-0.2, -0.15) is 0 Å². The fourth-order valence-corrected chi connectivity index (χ4v) is 2.67. The normalized spacial score (nSPS) is 11.7. The monoisotopic (exact) mass is 300 g/mol. The van der Waals surface area contributed by atoms with Gasteiger partial charge in [-0.25, -0.2) is 13.4 Å². The Morgan fingerprint density at radius 1 is 1.32 bits per heavy atom. The molecule has 0 amide bonds. The average molecular weight is 301 g/mol. The highest BCUT2D eigenvalue weighted by molar-refractivity contribution is 8.13. The zero-order chi connectivity index (χ0) is 14.0. The highest BCUT2D eigenvalue weighted by atomic mass is 35.7. The van der Waals surface area contributed by atoms with Gasteiger partial charge in [0.1, 0.15) is 5.69 Å². The van der Waals surface area contributed by atoms with Crippen LogP contribution in [0.15, 0.2) is 23.4 Å². The van der Waals surface area contributed by atoms with Gasteiger partial charge in [-0.15, -0.1) is 10.2 Å². The third-order valence-corrected chi connectivity index (χ3v) is 3.65. The molecule has 0 unspecified atom stereocenters.